The summed E-state index contributed by atoms with van der Waals surface area (Å²) in [5.74, 6) is -3.65. The molecule has 2 aliphatic heterocycles. The first kappa shape index (κ1) is 13.9. The fraction of sp³-hybridized carbons (Fsp3) is 0.800. The summed E-state index contributed by atoms with van der Waals surface area (Å²) in [6, 6.07) is 0. The van der Waals surface area contributed by atoms with Gasteiger partial charge in [0.05, 0.1) is 25.4 Å². The summed E-state index contributed by atoms with van der Waals surface area (Å²) >= 11 is 0. The second-order valence-electron chi connectivity index (χ2n) is 4.03. The molecule has 0 aromatic rings. The van der Waals surface area contributed by atoms with E-state index in [1.807, 2.05) is 0 Å². The van der Waals surface area contributed by atoms with E-state index >= 15 is 0 Å². The number of hydrogen-bond donors (Lipinski definition) is 3. The molecule has 2 fully saturated rings. The van der Waals surface area contributed by atoms with Crippen LogP contribution in [0.1, 0.15) is 12.8 Å². The Hall–Kier alpha value is -1.18. The Balaban J connectivity index is 0.000000209. The molecule has 17 heavy (non-hydrogen) atoms. The van der Waals surface area contributed by atoms with Crippen LogP contribution in [-0.4, -0.2) is 60.7 Å². The average molecular weight is 247 g/mol. The maximum absolute atomic E-state index is 9.10. The zero-order valence-electron chi connectivity index (χ0n) is 9.48. The number of rotatable bonds is 0. The van der Waals surface area contributed by atoms with Gasteiger partial charge < -0.3 is 25.0 Å². The Morgan fingerprint density at radius 1 is 1.06 bits per heavy atom. The summed E-state index contributed by atoms with van der Waals surface area (Å²) in [5.41, 5.74) is 0.163. The molecule has 7 nitrogen and oxygen atoms in total. The molecule has 1 spiro atoms. The Morgan fingerprint density at radius 3 is 2.06 bits per heavy atom. The molecule has 0 bridgehead atoms. The van der Waals surface area contributed by atoms with Gasteiger partial charge in [-0.3, -0.25) is 0 Å². The summed E-state index contributed by atoms with van der Waals surface area (Å²) in [4.78, 5) is 18.2. The Kier molecular flexibility index (Phi) is 5.33. The van der Waals surface area contributed by atoms with Gasteiger partial charge in [0.15, 0.2) is 0 Å². The Labute approximate surface area is 98.7 Å². The monoisotopic (exact) mass is 247 g/mol. The molecule has 3 N–H and O–H groups in total. The molecule has 2 rings (SSSR count). The lowest BCUT2D eigenvalue weighted by atomic mass is 9.92. The van der Waals surface area contributed by atoms with Crippen LogP contribution in [0.5, 0.6) is 0 Å². The smallest absolute Gasteiger partial charge is 0.414 e. The normalized spacial score (nSPS) is 28.0. The standard InChI is InChI=1S/C8H15NO2.C2H2O4/c1-2-8(6-10-4-1)7-11-5-3-9-8;3-1(4)2(5)6/h9H,1-7H2;(H,3,4)(H,5,6). The number of ether oxygens (including phenoxy) is 2. The molecule has 0 aromatic heterocycles. The number of carboxylic acids is 2. The lowest BCUT2D eigenvalue weighted by Crippen LogP contribution is -2.58. The molecule has 1 unspecified atom stereocenters. The summed E-state index contributed by atoms with van der Waals surface area (Å²) in [6.45, 7) is 4.40. The van der Waals surface area contributed by atoms with E-state index < -0.39 is 11.9 Å². The number of aliphatic carboxylic acids is 2. The molecule has 7 heteroatoms. The third-order valence-electron chi connectivity index (χ3n) is 2.63. The van der Waals surface area contributed by atoms with Gasteiger partial charge in [0, 0.05) is 13.2 Å². The molecule has 2 saturated heterocycles. The van der Waals surface area contributed by atoms with Gasteiger partial charge in [-0.1, -0.05) is 0 Å². The molecule has 2 heterocycles. The molecular formula is C10H17NO6. The lowest BCUT2D eigenvalue weighted by molar-refractivity contribution is -0.159. The molecule has 1 atom stereocenters. The first-order valence-electron chi connectivity index (χ1n) is 5.42. The molecule has 0 amide bonds. The van der Waals surface area contributed by atoms with Crippen molar-refractivity contribution in [1.29, 1.82) is 0 Å². The zero-order valence-corrected chi connectivity index (χ0v) is 9.48. The summed E-state index contributed by atoms with van der Waals surface area (Å²) in [6.07, 6.45) is 2.36. The largest absolute Gasteiger partial charge is 0.473 e. The van der Waals surface area contributed by atoms with Crippen molar-refractivity contribution in [2.75, 3.05) is 33.0 Å². The highest BCUT2D eigenvalue weighted by atomic mass is 16.5. The summed E-state index contributed by atoms with van der Waals surface area (Å²) < 4.78 is 10.8. The van der Waals surface area contributed by atoms with Crippen molar-refractivity contribution in [2.24, 2.45) is 0 Å². The fourth-order valence-corrected chi connectivity index (χ4v) is 1.81. The van der Waals surface area contributed by atoms with Crippen LogP contribution < -0.4 is 5.32 Å². The summed E-state index contributed by atoms with van der Waals surface area (Å²) in [7, 11) is 0. The SMILES string of the molecule is C1COCC2(C1)COCCN2.O=C(O)C(=O)O. The van der Waals surface area contributed by atoms with Crippen LogP contribution in [0, 0.1) is 0 Å². The first-order chi connectivity index (χ1) is 8.06. The lowest BCUT2D eigenvalue weighted by Gasteiger charge is -2.40. The quantitative estimate of drug-likeness (QED) is 0.486. The van der Waals surface area contributed by atoms with Gasteiger partial charge in [0.1, 0.15) is 0 Å². The highest BCUT2D eigenvalue weighted by molar-refractivity contribution is 6.27. The number of carbonyl (C=O) groups is 2. The molecule has 0 saturated carbocycles. The van der Waals surface area contributed by atoms with Crippen molar-refractivity contribution in [3.63, 3.8) is 0 Å². The van der Waals surface area contributed by atoms with E-state index in [1.54, 1.807) is 0 Å². The maximum atomic E-state index is 9.10. The van der Waals surface area contributed by atoms with E-state index in [0.717, 1.165) is 39.4 Å². The third-order valence-corrected chi connectivity index (χ3v) is 2.63. The van der Waals surface area contributed by atoms with Crippen LogP contribution in [-0.2, 0) is 19.1 Å². The van der Waals surface area contributed by atoms with Gasteiger partial charge in [0.25, 0.3) is 0 Å². The topological polar surface area (TPSA) is 105 Å². The van der Waals surface area contributed by atoms with Crippen LogP contribution in [0.3, 0.4) is 0 Å². The highest BCUT2D eigenvalue weighted by Gasteiger charge is 2.34. The zero-order chi connectivity index (χ0) is 12.7. The molecule has 0 aromatic carbocycles. The molecular weight excluding hydrogens is 230 g/mol. The van der Waals surface area contributed by atoms with Crippen molar-refractivity contribution in [3.05, 3.63) is 0 Å². The molecule has 2 aliphatic rings. The minimum Gasteiger partial charge on any atom is -0.473 e. The Bertz CT molecular complexity index is 236. The van der Waals surface area contributed by atoms with Crippen LogP contribution >= 0.6 is 0 Å². The van der Waals surface area contributed by atoms with Crippen LogP contribution in [0.15, 0.2) is 0 Å². The van der Waals surface area contributed by atoms with Crippen molar-refractivity contribution in [2.45, 2.75) is 18.4 Å². The number of morpholine rings is 1. The number of hydrogen-bond acceptors (Lipinski definition) is 5. The summed E-state index contributed by atoms with van der Waals surface area (Å²) in [5, 5.41) is 18.3. The van der Waals surface area contributed by atoms with Crippen molar-refractivity contribution in [1.82, 2.24) is 5.32 Å². The van der Waals surface area contributed by atoms with Gasteiger partial charge in [-0.2, -0.15) is 0 Å². The van der Waals surface area contributed by atoms with E-state index in [9.17, 15) is 0 Å². The van der Waals surface area contributed by atoms with E-state index in [1.165, 1.54) is 6.42 Å². The van der Waals surface area contributed by atoms with E-state index in [0.29, 0.717) is 0 Å². The average Bonchev–Trinajstić information content (AvgIpc) is 2.31. The predicted molar refractivity (Wildman–Crippen MR) is 56.9 cm³/mol. The molecule has 0 aliphatic carbocycles. The van der Waals surface area contributed by atoms with Crippen LogP contribution in [0.25, 0.3) is 0 Å². The predicted octanol–water partition coefficient (Wildman–Crippen LogP) is -0.689. The van der Waals surface area contributed by atoms with Crippen molar-refractivity contribution < 1.29 is 29.3 Å². The van der Waals surface area contributed by atoms with Crippen LogP contribution in [0.4, 0.5) is 0 Å². The van der Waals surface area contributed by atoms with Crippen molar-refractivity contribution in [3.8, 4) is 0 Å². The molecule has 0 radical (unpaired) electrons. The van der Waals surface area contributed by atoms with Gasteiger partial charge in [-0.25, -0.2) is 9.59 Å². The van der Waals surface area contributed by atoms with Crippen LogP contribution in [0.2, 0.25) is 0 Å². The van der Waals surface area contributed by atoms with Gasteiger partial charge >= 0.3 is 11.9 Å². The van der Waals surface area contributed by atoms with Gasteiger partial charge in [-0.15, -0.1) is 0 Å². The van der Waals surface area contributed by atoms with Gasteiger partial charge in [-0.05, 0) is 12.8 Å². The van der Waals surface area contributed by atoms with E-state index in [-0.39, 0.29) is 5.54 Å². The second kappa shape index (κ2) is 6.53. The minimum atomic E-state index is -1.82. The fourth-order valence-electron chi connectivity index (χ4n) is 1.81. The number of nitrogens with one attached hydrogen (secondary N) is 1. The highest BCUT2D eigenvalue weighted by Crippen LogP contribution is 2.21. The van der Waals surface area contributed by atoms with E-state index in [4.69, 9.17) is 29.3 Å². The van der Waals surface area contributed by atoms with Crippen molar-refractivity contribution >= 4 is 11.9 Å². The third kappa shape index (κ3) is 4.68. The maximum Gasteiger partial charge on any atom is 0.414 e. The minimum absolute atomic E-state index is 0.163. The second-order valence-corrected chi connectivity index (χ2v) is 4.03. The van der Waals surface area contributed by atoms with Gasteiger partial charge in [0.2, 0.25) is 0 Å². The van der Waals surface area contributed by atoms with E-state index in [2.05, 4.69) is 5.32 Å². The Morgan fingerprint density at radius 2 is 1.65 bits per heavy atom. The first-order valence-corrected chi connectivity index (χ1v) is 5.42. The number of carboxylic acid groups (broad SMARTS) is 2. The molecule has 98 valence electrons.